The van der Waals surface area contributed by atoms with Gasteiger partial charge in [0.2, 0.25) is 5.91 Å². The van der Waals surface area contributed by atoms with Crippen LogP contribution in [-0.4, -0.2) is 27.0 Å². The number of hydrogen-bond donors (Lipinski definition) is 2. The minimum absolute atomic E-state index is 0.0949. The van der Waals surface area contributed by atoms with Crippen molar-refractivity contribution < 1.29 is 14.0 Å². The van der Waals surface area contributed by atoms with Crippen LogP contribution >= 0.6 is 11.8 Å². The number of imidazole rings is 1. The largest absolute Gasteiger partial charge is 0.295 e. The Hall–Kier alpha value is -2.87. The van der Waals surface area contributed by atoms with Gasteiger partial charge in [-0.05, 0) is 36.4 Å². The Labute approximate surface area is 141 Å². The Morgan fingerprint density at radius 2 is 1.92 bits per heavy atom. The third kappa shape index (κ3) is 3.72. The third-order valence-corrected chi connectivity index (χ3v) is 4.13. The second-order valence-corrected chi connectivity index (χ2v) is 5.78. The fourth-order valence-electron chi connectivity index (χ4n) is 1.99. The van der Waals surface area contributed by atoms with Gasteiger partial charge in [-0.2, -0.15) is 0 Å². The predicted molar refractivity (Wildman–Crippen MR) is 87.9 cm³/mol. The second kappa shape index (κ2) is 7.14. The highest BCUT2D eigenvalue weighted by atomic mass is 32.2. The zero-order chi connectivity index (χ0) is 16.9. The van der Waals surface area contributed by atoms with E-state index in [1.165, 1.54) is 36.0 Å². The molecule has 6 nitrogen and oxygen atoms in total. The molecule has 2 heterocycles. The van der Waals surface area contributed by atoms with Crippen molar-refractivity contribution in [1.29, 1.82) is 0 Å². The standard InChI is InChI=1S/C16H13FN4O2S/c17-12-6-4-11(5-7-12)15(23)20-19-14(22)10-24-16-18-9-13-3-1-2-8-21(13)16/h1-9H,10H2,(H,19,22)(H,20,23). The highest BCUT2D eigenvalue weighted by Gasteiger charge is 2.10. The van der Waals surface area contributed by atoms with Gasteiger partial charge < -0.3 is 0 Å². The molecular weight excluding hydrogens is 331 g/mol. The maximum absolute atomic E-state index is 12.8. The summed E-state index contributed by atoms with van der Waals surface area (Å²) in [5, 5.41) is 0.686. The van der Waals surface area contributed by atoms with E-state index >= 15 is 0 Å². The molecule has 2 aromatic heterocycles. The molecular formula is C16H13FN4O2S. The summed E-state index contributed by atoms with van der Waals surface area (Å²) in [6.07, 6.45) is 3.58. The number of amides is 2. The zero-order valence-electron chi connectivity index (χ0n) is 12.4. The van der Waals surface area contributed by atoms with Crippen LogP contribution in [0, 0.1) is 5.82 Å². The summed E-state index contributed by atoms with van der Waals surface area (Å²) in [5.41, 5.74) is 5.79. The molecule has 3 aromatic rings. The SMILES string of the molecule is O=C(CSc1ncc2ccccn12)NNC(=O)c1ccc(F)cc1. The number of halogens is 1. The Kier molecular flexibility index (Phi) is 4.76. The van der Waals surface area contributed by atoms with Gasteiger partial charge in [-0.25, -0.2) is 9.37 Å². The summed E-state index contributed by atoms with van der Waals surface area (Å²) in [6, 6.07) is 10.7. The summed E-state index contributed by atoms with van der Waals surface area (Å²) < 4.78 is 14.7. The summed E-state index contributed by atoms with van der Waals surface area (Å²) in [6.45, 7) is 0. The number of hydrazine groups is 1. The number of nitrogens with one attached hydrogen (secondary N) is 2. The first-order chi connectivity index (χ1) is 11.6. The lowest BCUT2D eigenvalue weighted by Gasteiger charge is -2.07. The third-order valence-electron chi connectivity index (χ3n) is 3.16. The van der Waals surface area contributed by atoms with Gasteiger partial charge >= 0.3 is 0 Å². The van der Waals surface area contributed by atoms with E-state index in [-0.39, 0.29) is 17.2 Å². The maximum atomic E-state index is 12.8. The fourth-order valence-corrected chi connectivity index (χ4v) is 2.76. The number of benzene rings is 1. The lowest BCUT2D eigenvalue weighted by molar-refractivity contribution is -0.119. The molecule has 1 aromatic carbocycles. The highest BCUT2D eigenvalue weighted by Crippen LogP contribution is 2.17. The number of nitrogens with zero attached hydrogens (tertiary/aromatic N) is 2. The smallest absolute Gasteiger partial charge is 0.269 e. The Morgan fingerprint density at radius 1 is 1.12 bits per heavy atom. The van der Waals surface area contributed by atoms with Crippen molar-refractivity contribution in [2.24, 2.45) is 0 Å². The summed E-state index contributed by atoms with van der Waals surface area (Å²) in [4.78, 5) is 27.9. The van der Waals surface area contributed by atoms with Crippen LogP contribution in [0.2, 0.25) is 0 Å². The van der Waals surface area contributed by atoms with E-state index < -0.39 is 11.7 Å². The van der Waals surface area contributed by atoms with Gasteiger partial charge in [-0.3, -0.25) is 24.8 Å². The molecule has 0 bridgehead atoms. The molecule has 0 saturated heterocycles. The quantitative estimate of drug-likeness (QED) is 0.561. The number of aromatic nitrogens is 2. The summed E-state index contributed by atoms with van der Waals surface area (Å²) in [7, 11) is 0. The summed E-state index contributed by atoms with van der Waals surface area (Å²) >= 11 is 1.25. The molecule has 0 spiro atoms. The van der Waals surface area contributed by atoms with Crippen molar-refractivity contribution in [1.82, 2.24) is 20.2 Å². The second-order valence-electron chi connectivity index (χ2n) is 4.83. The van der Waals surface area contributed by atoms with Gasteiger partial charge in [0.1, 0.15) is 5.82 Å². The molecule has 2 N–H and O–H groups in total. The van der Waals surface area contributed by atoms with Gasteiger partial charge in [-0.15, -0.1) is 0 Å². The molecule has 0 aliphatic rings. The number of rotatable bonds is 4. The van der Waals surface area contributed by atoms with Crippen molar-refractivity contribution >= 4 is 29.1 Å². The van der Waals surface area contributed by atoms with E-state index in [4.69, 9.17) is 0 Å². The van der Waals surface area contributed by atoms with Crippen LogP contribution in [0.3, 0.4) is 0 Å². The van der Waals surface area contributed by atoms with Crippen LogP contribution in [0.5, 0.6) is 0 Å². The van der Waals surface area contributed by atoms with Crippen molar-refractivity contribution in [3.63, 3.8) is 0 Å². The van der Waals surface area contributed by atoms with E-state index in [1.54, 1.807) is 6.20 Å². The van der Waals surface area contributed by atoms with Crippen molar-refractivity contribution in [2.75, 3.05) is 5.75 Å². The molecule has 0 radical (unpaired) electrons. The molecule has 0 aliphatic heterocycles. The van der Waals surface area contributed by atoms with Crippen LogP contribution in [-0.2, 0) is 4.79 Å². The number of hydrogen-bond acceptors (Lipinski definition) is 4. The number of pyridine rings is 1. The van der Waals surface area contributed by atoms with Crippen molar-refractivity contribution in [3.8, 4) is 0 Å². The number of fused-ring (bicyclic) bond motifs is 1. The lowest BCUT2D eigenvalue weighted by Crippen LogP contribution is -2.42. The van der Waals surface area contributed by atoms with Crippen LogP contribution in [0.25, 0.3) is 5.52 Å². The minimum Gasteiger partial charge on any atom is -0.295 e. The van der Waals surface area contributed by atoms with E-state index in [0.717, 1.165) is 5.52 Å². The topological polar surface area (TPSA) is 75.5 Å². The van der Waals surface area contributed by atoms with Crippen LogP contribution in [0.4, 0.5) is 4.39 Å². The van der Waals surface area contributed by atoms with Gasteiger partial charge in [0.05, 0.1) is 17.5 Å². The van der Waals surface area contributed by atoms with Crippen LogP contribution < -0.4 is 10.9 Å². The fraction of sp³-hybridized carbons (Fsp3) is 0.0625. The van der Waals surface area contributed by atoms with Crippen LogP contribution in [0.15, 0.2) is 60.0 Å². The molecule has 2 amide bonds. The van der Waals surface area contributed by atoms with Crippen molar-refractivity contribution in [2.45, 2.75) is 5.16 Å². The van der Waals surface area contributed by atoms with E-state index in [0.29, 0.717) is 5.16 Å². The molecule has 0 saturated carbocycles. The molecule has 8 heteroatoms. The molecule has 122 valence electrons. The average Bonchev–Trinajstić information content (AvgIpc) is 3.01. The van der Waals surface area contributed by atoms with E-state index in [2.05, 4.69) is 15.8 Å². The van der Waals surface area contributed by atoms with Gasteiger partial charge in [0.25, 0.3) is 5.91 Å². The molecule has 0 atom stereocenters. The Balaban J connectivity index is 1.51. The van der Waals surface area contributed by atoms with Gasteiger partial charge in [0, 0.05) is 11.8 Å². The molecule has 0 unspecified atom stereocenters. The normalized spacial score (nSPS) is 10.5. The van der Waals surface area contributed by atoms with Gasteiger partial charge in [0.15, 0.2) is 5.16 Å². The number of thioether (sulfide) groups is 1. The van der Waals surface area contributed by atoms with E-state index in [9.17, 15) is 14.0 Å². The molecule has 24 heavy (non-hydrogen) atoms. The Morgan fingerprint density at radius 3 is 2.71 bits per heavy atom. The van der Waals surface area contributed by atoms with Crippen LogP contribution in [0.1, 0.15) is 10.4 Å². The zero-order valence-corrected chi connectivity index (χ0v) is 13.2. The first-order valence-corrected chi connectivity index (χ1v) is 8.02. The summed E-state index contributed by atoms with van der Waals surface area (Å²) in [5.74, 6) is -1.22. The number of carbonyl (C=O) groups excluding carboxylic acids is 2. The highest BCUT2D eigenvalue weighted by molar-refractivity contribution is 7.99. The van der Waals surface area contributed by atoms with Gasteiger partial charge in [-0.1, -0.05) is 17.8 Å². The van der Waals surface area contributed by atoms with Crippen molar-refractivity contribution in [3.05, 3.63) is 66.2 Å². The molecule has 0 fully saturated rings. The molecule has 0 aliphatic carbocycles. The first-order valence-electron chi connectivity index (χ1n) is 7.03. The monoisotopic (exact) mass is 344 g/mol. The lowest BCUT2D eigenvalue weighted by atomic mass is 10.2. The van der Waals surface area contributed by atoms with E-state index in [1.807, 2.05) is 28.8 Å². The maximum Gasteiger partial charge on any atom is 0.269 e. The minimum atomic E-state index is -0.514. The Bertz CT molecular complexity index is 879. The molecule has 3 rings (SSSR count). The predicted octanol–water partition coefficient (Wildman–Crippen LogP) is 2.03. The number of carbonyl (C=O) groups is 2. The average molecular weight is 344 g/mol. The first kappa shape index (κ1) is 16.0.